The lowest BCUT2D eigenvalue weighted by Gasteiger charge is -2.16. The van der Waals surface area contributed by atoms with E-state index >= 15 is 0 Å². The Labute approximate surface area is 197 Å². The molecule has 3 aromatic carbocycles. The van der Waals surface area contributed by atoms with Crippen LogP contribution in [0.25, 0.3) is 16.5 Å². The van der Waals surface area contributed by atoms with Crippen molar-refractivity contribution in [1.29, 1.82) is 0 Å². The highest BCUT2D eigenvalue weighted by atomic mass is 35.5. The number of alkyl halides is 1. The second-order valence-electron chi connectivity index (χ2n) is 7.09. The van der Waals surface area contributed by atoms with Crippen LogP contribution in [0, 0.1) is 6.92 Å². The first-order chi connectivity index (χ1) is 15.1. The third kappa shape index (κ3) is 4.72. The molecule has 31 heavy (non-hydrogen) atoms. The number of fused-ring (bicyclic) bond motifs is 1. The third-order valence-electron chi connectivity index (χ3n) is 5.04. The third-order valence-corrected chi connectivity index (χ3v) is 5.98. The first-order valence-corrected chi connectivity index (χ1v) is 11.2. The van der Waals surface area contributed by atoms with Crippen molar-refractivity contribution in [3.05, 3.63) is 111 Å². The summed E-state index contributed by atoms with van der Waals surface area (Å²) >= 11 is 19.4. The molecule has 2 nitrogen and oxygen atoms in total. The number of halogens is 3. The van der Waals surface area contributed by atoms with Gasteiger partial charge in [0.05, 0.1) is 5.02 Å². The standard InChI is InChI=1S/C26H20Cl3NO/c1-17-10-11-19-8-5-9-24(26(19)30-17)31-16-22-23(28)13-12-21(25(22)29)20(14-15-27)18-6-3-2-4-7-18/h2-14H,15-16H2,1H3/b20-14+. The van der Waals surface area contributed by atoms with E-state index in [0.29, 0.717) is 21.7 Å². The zero-order valence-corrected chi connectivity index (χ0v) is 19.2. The van der Waals surface area contributed by atoms with E-state index in [1.54, 1.807) is 0 Å². The van der Waals surface area contributed by atoms with Gasteiger partial charge >= 0.3 is 0 Å². The highest BCUT2D eigenvalue weighted by molar-refractivity contribution is 6.37. The van der Waals surface area contributed by atoms with E-state index in [0.717, 1.165) is 38.9 Å². The molecule has 0 aliphatic rings. The average Bonchev–Trinajstić information content (AvgIpc) is 2.78. The minimum Gasteiger partial charge on any atom is -0.487 e. The van der Waals surface area contributed by atoms with Gasteiger partial charge < -0.3 is 4.74 Å². The highest BCUT2D eigenvalue weighted by Crippen LogP contribution is 2.36. The monoisotopic (exact) mass is 467 g/mol. The second-order valence-corrected chi connectivity index (χ2v) is 8.19. The van der Waals surface area contributed by atoms with Crippen LogP contribution in [-0.4, -0.2) is 10.9 Å². The lowest BCUT2D eigenvalue weighted by molar-refractivity contribution is 0.309. The van der Waals surface area contributed by atoms with Crippen molar-refractivity contribution in [2.45, 2.75) is 13.5 Å². The molecule has 4 rings (SSSR count). The Bertz CT molecular complexity index is 1250. The molecule has 0 aliphatic heterocycles. The summed E-state index contributed by atoms with van der Waals surface area (Å²) in [6.07, 6.45) is 1.95. The Balaban J connectivity index is 1.71. The summed E-state index contributed by atoms with van der Waals surface area (Å²) in [5.74, 6) is 1.06. The summed E-state index contributed by atoms with van der Waals surface area (Å²) in [6, 6.07) is 23.7. The minimum atomic E-state index is 0.225. The predicted octanol–water partition coefficient (Wildman–Crippen LogP) is 8.10. The van der Waals surface area contributed by atoms with Crippen molar-refractivity contribution in [3.8, 4) is 5.75 Å². The molecule has 0 amide bonds. The molecule has 0 bridgehead atoms. The minimum absolute atomic E-state index is 0.225. The summed E-state index contributed by atoms with van der Waals surface area (Å²) in [5.41, 5.74) is 5.33. The lowest BCUT2D eigenvalue weighted by atomic mass is 9.96. The normalized spacial score (nSPS) is 11.7. The SMILES string of the molecule is Cc1ccc2cccc(OCc3c(Cl)ccc(/C(=C/CCl)c4ccccc4)c3Cl)c2n1. The molecule has 1 heterocycles. The predicted molar refractivity (Wildman–Crippen MR) is 132 cm³/mol. The number of para-hydroxylation sites is 1. The van der Waals surface area contributed by atoms with Crippen molar-refractivity contribution in [1.82, 2.24) is 4.98 Å². The molecule has 0 fully saturated rings. The molecule has 0 spiro atoms. The van der Waals surface area contributed by atoms with Crippen LogP contribution >= 0.6 is 34.8 Å². The van der Waals surface area contributed by atoms with E-state index in [2.05, 4.69) is 4.98 Å². The van der Waals surface area contributed by atoms with E-state index in [1.165, 1.54) is 0 Å². The molecule has 4 aromatic rings. The zero-order chi connectivity index (χ0) is 21.8. The van der Waals surface area contributed by atoms with Crippen LogP contribution in [0.15, 0.2) is 78.9 Å². The maximum absolute atomic E-state index is 6.84. The molecule has 1 aromatic heterocycles. The molecule has 0 radical (unpaired) electrons. The molecular weight excluding hydrogens is 449 g/mol. The fourth-order valence-electron chi connectivity index (χ4n) is 3.50. The summed E-state index contributed by atoms with van der Waals surface area (Å²) in [4.78, 5) is 4.63. The first-order valence-electron chi connectivity index (χ1n) is 9.86. The van der Waals surface area contributed by atoms with Gasteiger partial charge in [-0.3, -0.25) is 0 Å². The fraction of sp³-hybridized carbons (Fsp3) is 0.115. The van der Waals surface area contributed by atoms with E-state index < -0.39 is 0 Å². The number of hydrogen-bond donors (Lipinski definition) is 0. The van der Waals surface area contributed by atoms with Crippen LogP contribution < -0.4 is 4.74 Å². The topological polar surface area (TPSA) is 22.1 Å². The average molecular weight is 469 g/mol. The maximum Gasteiger partial charge on any atom is 0.146 e. The van der Waals surface area contributed by atoms with E-state index in [9.17, 15) is 0 Å². The smallest absolute Gasteiger partial charge is 0.146 e. The van der Waals surface area contributed by atoms with Crippen LogP contribution in [0.2, 0.25) is 10.0 Å². The fourth-order valence-corrected chi connectivity index (χ4v) is 4.24. The van der Waals surface area contributed by atoms with Gasteiger partial charge in [-0.25, -0.2) is 4.98 Å². The van der Waals surface area contributed by atoms with Crippen molar-refractivity contribution in [2.24, 2.45) is 0 Å². The molecular formula is C26H20Cl3NO. The Kier molecular flexibility index (Phi) is 6.82. The number of nitrogens with zero attached hydrogens (tertiary/aromatic N) is 1. The number of ether oxygens (including phenoxy) is 1. The molecule has 0 aliphatic carbocycles. The summed E-state index contributed by atoms with van der Waals surface area (Å²) < 4.78 is 6.15. The van der Waals surface area contributed by atoms with Crippen molar-refractivity contribution in [3.63, 3.8) is 0 Å². The van der Waals surface area contributed by atoms with Crippen LogP contribution in [0.5, 0.6) is 5.75 Å². The van der Waals surface area contributed by atoms with E-state index in [1.807, 2.05) is 85.8 Å². The van der Waals surface area contributed by atoms with Gasteiger partial charge in [-0.15, -0.1) is 11.6 Å². The Morgan fingerprint density at radius 3 is 2.52 bits per heavy atom. The number of aryl methyl sites for hydroxylation is 1. The van der Waals surface area contributed by atoms with Gasteiger partial charge in [-0.2, -0.15) is 0 Å². The number of allylic oxidation sites excluding steroid dienone is 1. The molecule has 0 saturated heterocycles. The van der Waals surface area contributed by atoms with Crippen LogP contribution in [-0.2, 0) is 6.61 Å². The van der Waals surface area contributed by atoms with Crippen LogP contribution in [0.3, 0.4) is 0 Å². The molecule has 0 atom stereocenters. The molecule has 0 unspecified atom stereocenters. The summed E-state index contributed by atoms with van der Waals surface area (Å²) in [6.45, 7) is 2.19. The molecule has 0 N–H and O–H groups in total. The Morgan fingerprint density at radius 2 is 1.74 bits per heavy atom. The van der Waals surface area contributed by atoms with Crippen molar-refractivity contribution in [2.75, 3.05) is 5.88 Å². The van der Waals surface area contributed by atoms with E-state index in [4.69, 9.17) is 39.5 Å². The van der Waals surface area contributed by atoms with Gasteiger partial charge in [0.15, 0.2) is 0 Å². The number of aromatic nitrogens is 1. The first kappa shape index (κ1) is 21.7. The van der Waals surface area contributed by atoms with Crippen molar-refractivity contribution >= 4 is 51.3 Å². The number of rotatable bonds is 6. The highest BCUT2D eigenvalue weighted by Gasteiger charge is 2.16. The van der Waals surface area contributed by atoms with Gasteiger partial charge in [0, 0.05) is 33.1 Å². The largest absolute Gasteiger partial charge is 0.487 e. The molecule has 5 heteroatoms. The zero-order valence-electron chi connectivity index (χ0n) is 16.9. The van der Waals surface area contributed by atoms with Gasteiger partial charge in [-0.1, -0.05) is 83.9 Å². The maximum atomic E-state index is 6.84. The van der Waals surface area contributed by atoms with Crippen LogP contribution in [0.4, 0.5) is 0 Å². The van der Waals surface area contributed by atoms with E-state index in [-0.39, 0.29) is 6.61 Å². The Morgan fingerprint density at radius 1 is 0.935 bits per heavy atom. The van der Waals surface area contributed by atoms with Crippen molar-refractivity contribution < 1.29 is 4.74 Å². The number of pyridine rings is 1. The number of benzene rings is 3. The number of hydrogen-bond acceptors (Lipinski definition) is 2. The molecule has 156 valence electrons. The summed E-state index contributed by atoms with van der Waals surface area (Å²) in [5, 5.41) is 2.12. The lowest BCUT2D eigenvalue weighted by Crippen LogP contribution is -2.01. The summed E-state index contributed by atoms with van der Waals surface area (Å²) in [7, 11) is 0. The Hall–Kier alpha value is -2.52. The second kappa shape index (κ2) is 9.74. The van der Waals surface area contributed by atoms with Gasteiger partial charge in [0.1, 0.15) is 17.9 Å². The van der Waals surface area contributed by atoms with Gasteiger partial charge in [0.25, 0.3) is 0 Å². The quantitative estimate of drug-likeness (QED) is 0.267. The molecule has 0 saturated carbocycles. The van der Waals surface area contributed by atoms with Gasteiger partial charge in [0.2, 0.25) is 0 Å². The van der Waals surface area contributed by atoms with Gasteiger partial charge in [-0.05, 0) is 36.3 Å². The van der Waals surface area contributed by atoms with Crippen LogP contribution in [0.1, 0.15) is 22.4 Å².